The largest absolute Gasteiger partial charge is 0.492 e. The van der Waals surface area contributed by atoms with Crippen LogP contribution >= 0.6 is 35.6 Å². The third-order valence-electron chi connectivity index (χ3n) is 7.03. The summed E-state index contributed by atoms with van der Waals surface area (Å²) in [6.07, 6.45) is 3.84. The van der Waals surface area contributed by atoms with E-state index in [9.17, 15) is 19.1 Å². The van der Waals surface area contributed by atoms with E-state index in [1.54, 1.807) is 24.3 Å². The Morgan fingerprint density at radius 3 is 2.41 bits per heavy atom. The number of carbonyl (C=O) groups is 2. The number of halogens is 4. The number of nitrogens with one attached hydrogen (secondary N) is 1. The van der Waals surface area contributed by atoms with E-state index in [-0.39, 0.29) is 18.1 Å². The lowest BCUT2D eigenvalue weighted by Gasteiger charge is -2.33. The van der Waals surface area contributed by atoms with Crippen molar-refractivity contribution < 1.29 is 23.8 Å². The van der Waals surface area contributed by atoms with Gasteiger partial charge < -0.3 is 20.1 Å². The average Bonchev–Trinajstić information content (AvgIpc) is 2.93. The molecule has 1 aliphatic rings. The molecule has 0 aliphatic heterocycles. The monoisotopic (exact) mass is 623 g/mol. The molecule has 3 aromatic rings. The van der Waals surface area contributed by atoms with Gasteiger partial charge in [-0.3, -0.25) is 4.79 Å². The number of aromatic nitrogens is 1. The van der Waals surface area contributed by atoms with Crippen molar-refractivity contribution in [2.75, 3.05) is 27.2 Å². The van der Waals surface area contributed by atoms with E-state index in [0.29, 0.717) is 70.5 Å². The maximum atomic E-state index is 14.3. The summed E-state index contributed by atoms with van der Waals surface area (Å²) in [5.74, 6) is -1.69. The molecule has 1 aliphatic carbocycles. The number of amides is 1. The summed E-state index contributed by atoms with van der Waals surface area (Å²) in [5, 5.41) is 13.4. The fourth-order valence-corrected chi connectivity index (χ4v) is 5.27. The Hall–Kier alpha value is -2.91. The number of hydrogen-bond acceptors (Lipinski definition) is 5. The summed E-state index contributed by atoms with van der Waals surface area (Å²) < 4.78 is 20.2. The van der Waals surface area contributed by atoms with Gasteiger partial charge in [0.15, 0.2) is 0 Å². The lowest BCUT2D eigenvalue weighted by Crippen LogP contribution is -2.55. The van der Waals surface area contributed by atoms with Crippen LogP contribution < -0.4 is 10.1 Å². The first-order valence-corrected chi connectivity index (χ1v) is 13.9. The Morgan fingerprint density at radius 2 is 1.73 bits per heavy atom. The van der Waals surface area contributed by atoms with Gasteiger partial charge in [-0.15, -0.1) is 12.4 Å². The SMILES string of the molecule is CN(C)CCCOc1cc(-c2nc(C(=O)NC3(C(=O)O)CCCCC3)ccc2-c2cc(F)ccc2Cl)ccc1Cl.Cl. The van der Waals surface area contributed by atoms with Gasteiger partial charge in [-0.1, -0.05) is 48.5 Å². The van der Waals surface area contributed by atoms with Crippen molar-refractivity contribution in [3.8, 4) is 28.1 Å². The van der Waals surface area contributed by atoms with Crippen LogP contribution in [0.15, 0.2) is 48.5 Å². The molecular formula is C30H33Cl3FN3O4. The van der Waals surface area contributed by atoms with Crippen LogP contribution in [0.3, 0.4) is 0 Å². The van der Waals surface area contributed by atoms with Gasteiger partial charge >= 0.3 is 5.97 Å². The quantitative estimate of drug-likeness (QED) is 0.233. The number of hydrogen-bond donors (Lipinski definition) is 2. The van der Waals surface area contributed by atoms with Gasteiger partial charge in [-0.2, -0.15) is 0 Å². The van der Waals surface area contributed by atoms with Crippen LogP contribution in [0, 0.1) is 5.82 Å². The molecule has 1 heterocycles. The molecule has 1 aromatic heterocycles. The van der Waals surface area contributed by atoms with Crippen LogP contribution in [-0.4, -0.2) is 59.7 Å². The maximum absolute atomic E-state index is 14.3. The molecule has 4 rings (SSSR count). The number of rotatable bonds is 10. The van der Waals surface area contributed by atoms with Crippen molar-refractivity contribution in [3.05, 3.63) is 70.1 Å². The Balaban J connectivity index is 0.00000462. The molecule has 1 amide bonds. The number of carboxylic acid groups (broad SMARTS) is 1. The number of benzene rings is 2. The second-order valence-electron chi connectivity index (χ2n) is 10.3. The molecule has 11 heteroatoms. The molecule has 2 N–H and O–H groups in total. The van der Waals surface area contributed by atoms with Gasteiger partial charge in [0.2, 0.25) is 0 Å². The zero-order valence-corrected chi connectivity index (χ0v) is 25.2. The van der Waals surface area contributed by atoms with Crippen molar-refractivity contribution in [1.29, 1.82) is 0 Å². The van der Waals surface area contributed by atoms with Crippen LogP contribution in [0.2, 0.25) is 10.0 Å². The van der Waals surface area contributed by atoms with E-state index in [1.807, 2.05) is 14.1 Å². The Bertz CT molecular complexity index is 1400. The predicted molar refractivity (Wildman–Crippen MR) is 162 cm³/mol. The molecule has 0 unspecified atom stereocenters. The molecule has 0 bridgehead atoms. The molecule has 0 saturated heterocycles. The maximum Gasteiger partial charge on any atom is 0.329 e. The van der Waals surface area contributed by atoms with E-state index in [1.165, 1.54) is 24.3 Å². The van der Waals surface area contributed by atoms with Crippen molar-refractivity contribution in [3.63, 3.8) is 0 Å². The second-order valence-corrected chi connectivity index (χ2v) is 11.1. The summed E-state index contributed by atoms with van der Waals surface area (Å²) >= 11 is 12.9. The fraction of sp³-hybridized carbons (Fsp3) is 0.367. The Morgan fingerprint density at radius 1 is 1.02 bits per heavy atom. The number of carbonyl (C=O) groups excluding carboxylic acids is 1. The molecule has 1 fully saturated rings. The van der Waals surface area contributed by atoms with Crippen molar-refractivity contribution in [1.82, 2.24) is 15.2 Å². The van der Waals surface area contributed by atoms with Crippen molar-refractivity contribution in [2.24, 2.45) is 0 Å². The summed E-state index contributed by atoms with van der Waals surface area (Å²) in [4.78, 5) is 32.2. The van der Waals surface area contributed by atoms with E-state index in [0.717, 1.165) is 19.4 Å². The Labute approximate surface area is 255 Å². The molecule has 2 aromatic carbocycles. The molecular weight excluding hydrogens is 592 g/mol. The molecule has 0 atom stereocenters. The topological polar surface area (TPSA) is 91.8 Å². The fourth-order valence-electron chi connectivity index (χ4n) is 4.88. The van der Waals surface area contributed by atoms with Gasteiger partial charge in [0, 0.05) is 28.3 Å². The third kappa shape index (κ3) is 7.89. The van der Waals surface area contributed by atoms with E-state index >= 15 is 0 Å². The lowest BCUT2D eigenvalue weighted by atomic mass is 9.81. The zero-order chi connectivity index (χ0) is 28.9. The van der Waals surface area contributed by atoms with Crippen molar-refractivity contribution in [2.45, 2.75) is 44.1 Å². The van der Waals surface area contributed by atoms with Gasteiger partial charge in [0.05, 0.1) is 17.3 Å². The molecule has 0 spiro atoms. The number of carboxylic acids is 1. The van der Waals surface area contributed by atoms with Gasteiger partial charge in [-0.25, -0.2) is 14.2 Å². The highest BCUT2D eigenvalue weighted by molar-refractivity contribution is 6.33. The van der Waals surface area contributed by atoms with Crippen LogP contribution in [0.25, 0.3) is 22.4 Å². The predicted octanol–water partition coefficient (Wildman–Crippen LogP) is 7.13. The van der Waals surface area contributed by atoms with Gasteiger partial charge in [0.1, 0.15) is 22.8 Å². The van der Waals surface area contributed by atoms with Crippen LogP contribution in [0.1, 0.15) is 49.0 Å². The first-order chi connectivity index (χ1) is 19.1. The normalized spacial score (nSPS) is 14.3. The van der Waals surface area contributed by atoms with Gasteiger partial charge in [0.25, 0.3) is 5.91 Å². The summed E-state index contributed by atoms with van der Waals surface area (Å²) in [6, 6.07) is 12.3. The molecule has 41 heavy (non-hydrogen) atoms. The first-order valence-electron chi connectivity index (χ1n) is 13.2. The zero-order valence-electron chi connectivity index (χ0n) is 22.9. The van der Waals surface area contributed by atoms with E-state index in [4.69, 9.17) is 27.9 Å². The molecule has 0 radical (unpaired) electrons. The smallest absolute Gasteiger partial charge is 0.329 e. The highest BCUT2D eigenvalue weighted by atomic mass is 35.5. The highest BCUT2D eigenvalue weighted by Crippen LogP contribution is 2.38. The highest BCUT2D eigenvalue weighted by Gasteiger charge is 2.41. The minimum Gasteiger partial charge on any atom is -0.492 e. The van der Waals surface area contributed by atoms with Gasteiger partial charge in [-0.05, 0) is 75.8 Å². The van der Waals surface area contributed by atoms with Crippen molar-refractivity contribution >= 4 is 47.5 Å². The number of aliphatic carboxylic acids is 1. The third-order valence-corrected chi connectivity index (χ3v) is 7.67. The minimum absolute atomic E-state index is 0. The van der Waals surface area contributed by atoms with Crippen LogP contribution in [0.4, 0.5) is 4.39 Å². The Kier molecular flexibility index (Phi) is 11.4. The van der Waals surface area contributed by atoms with E-state index in [2.05, 4.69) is 15.2 Å². The summed E-state index contributed by atoms with van der Waals surface area (Å²) in [5.41, 5.74) is 0.503. The lowest BCUT2D eigenvalue weighted by molar-refractivity contribution is -0.145. The standard InChI is InChI=1S/C30H32Cl2FN3O4.ClH/c1-36(2)15-6-16-40-26-17-19(7-10-24(26)32)27-21(22-18-20(33)8-11-23(22)31)9-12-25(34-27)28(37)35-30(29(38)39)13-4-3-5-14-30;/h7-12,17-18H,3-6,13-16H2,1-2H3,(H,35,37)(H,38,39);1H. The molecule has 1 saturated carbocycles. The van der Waals surface area contributed by atoms with Crippen LogP contribution in [0.5, 0.6) is 5.75 Å². The summed E-state index contributed by atoms with van der Waals surface area (Å²) in [7, 11) is 3.96. The first kappa shape index (κ1) is 32.6. The average molecular weight is 625 g/mol. The second kappa shape index (κ2) is 14.3. The molecule has 7 nitrogen and oxygen atoms in total. The number of pyridine rings is 1. The van der Waals surface area contributed by atoms with Crippen LogP contribution in [-0.2, 0) is 4.79 Å². The minimum atomic E-state index is -1.34. The number of ether oxygens (including phenoxy) is 1. The number of nitrogens with zero attached hydrogens (tertiary/aromatic N) is 2. The molecule has 220 valence electrons. The summed E-state index contributed by atoms with van der Waals surface area (Å²) in [6.45, 7) is 1.28. The van der Waals surface area contributed by atoms with E-state index < -0.39 is 23.2 Å².